The van der Waals surface area contributed by atoms with Gasteiger partial charge in [-0.25, -0.2) is 12.7 Å². The Kier molecular flexibility index (Phi) is 15.5. The van der Waals surface area contributed by atoms with E-state index in [9.17, 15) is 8.42 Å². The van der Waals surface area contributed by atoms with Crippen LogP contribution in [0, 0.1) is 5.92 Å². The Morgan fingerprint density at radius 3 is 2.28 bits per heavy atom. The minimum absolute atomic E-state index is 0. The predicted octanol–water partition coefficient (Wildman–Crippen LogP) is 1.58. The second kappa shape index (κ2) is 15.6. The summed E-state index contributed by atoms with van der Waals surface area (Å²) in [6.45, 7) is 12.5. The summed E-state index contributed by atoms with van der Waals surface area (Å²) in [6.07, 6.45) is 4.31. The van der Waals surface area contributed by atoms with E-state index in [-0.39, 0.29) is 24.0 Å². The van der Waals surface area contributed by atoms with E-state index in [1.54, 1.807) is 7.05 Å². The maximum Gasteiger partial charge on any atom is 0.211 e. The average molecular weight is 548 g/mol. The molecule has 0 amide bonds. The van der Waals surface area contributed by atoms with Gasteiger partial charge < -0.3 is 15.4 Å². The van der Waals surface area contributed by atoms with Crippen LogP contribution in [-0.2, 0) is 14.8 Å². The molecule has 1 aliphatic heterocycles. The molecule has 174 valence electrons. The number of aliphatic imine (C=N–C) groups is 1. The summed E-state index contributed by atoms with van der Waals surface area (Å²) < 4.78 is 30.3. The molecule has 0 bridgehead atoms. The number of sulfonamides is 1. The summed E-state index contributed by atoms with van der Waals surface area (Å²) in [6, 6.07) is 0.457. The van der Waals surface area contributed by atoms with Gasteiger partial charge in [0.25, 0.3) is 0 Å². The van der Waals surface area contributed by atoms with Gasteiger partial charge >= 0.3 is 0 Å². The first-order valence-electron chi connectivity index (χ1n) is 10.6. The summed E-state index contributed by atoms with van der Waals surface area (Å²) in [7, 11) is -1.36. The number of hydrogen-bond donors (Lipinski definition) is 2. The standard InChI is InChI=1S/C19H41N5O3S.HI/c1-6-17(7-2)18(23-12-14-27-15-13-23)16-22-19(20-4)21-10-9-11-24(8-3)28(5,25)26;/h17-18H,6-16H2,1-5H3,(H2,20,21,22);1H. The van der Waals surface area contributed by atoms with Gasteiger partial charge in [-0.2, -0.15) is 0 Å². The number of rotatable bonds is 12. The number of nitrogens with one attached hydrogen (secondary N) is 2. The zero-order valence-corrected chi connectivity index (χ0v) is 22.0. The van der Waals surface area contributed by atoms with Crippen molar-refractivity contribution in [3.05, 3.63) is 0 Å². The van der Waals surface area contributed by atoms with Gasteiger partial charge in [-0.15, -0.1) is 24.0 Å². The summed E-state index contributed by atoms with van der Waals surface area (Å²) in [4.78, 5) is 6.86. The summed E-state index contributed by atoms with van der Waals surface area (Å²) >= 11 is 0. The van der Waals surface area contributed by atoms with Crippen molar-refractivity contribution in [2.45, 2.75) is 46.1 Å². The van der Waals surface area contributed by atoms with Crippen LogP contribution in [-0.4, -0.2) is 95.4 Å². The molecule has 29 heavy (non-hydrogen) atoms. The first-order valence-corrected chi connectivity index (χ1v) is 12.4. The van der Waals surface area contributed by atoms with Crippen LogP contribution in [0.25, 0.3) is 0 Å². The quantitative estimate of drug-likeness (QED) is 0.167. The topological polar surface area (TPSA) is 86.3 Å². The van der Waals surface area contributed by atoms with Crippen molar-refractivity contribution in [1.29, 1.82) is 0 Å². The zero-order chi connectivity index (χ0) is 21.0. The van der Waals surface area contributed by atoms with E-state index in [4.69, 9.17) is 4.74 Å². The normalized spacial score (nSPS) is 17.3. The van der Waals surface area contributed by atoms with Gasteiger partial charge in [0.05, 0.1) is 19.5 Å². The third-order valence-electron chi connectivity index (χ3n) is 5.51. The zero-order valence-electron chi connectivity index (χ0n) is 18.8. The van der Waals surface area contributed by atoms with Crippen LogP contribution in [0.3, 0.4) is 0 Å². The fourth-order valence-corrected chi connectivity index (χ4v) is 4.71. The molecule has 8 nitrogen and oxygen atoms in total. The molecule has 10 heteroatoms. The van der Waals surface area contributed by atoms with E-state index >= 15 is 0 Å². The lowest BCUT2D eigenvalue weighted by molar-refractivity contribution is 0.00272. The molecule has 0 aromatic rings. The SMILES string of the molecule is CCC(CC)C(CNC(=NC)NCCCN(CC)S(C)(=O)=O)N1CCOCC1.I. The number of nitrogens with zero attached hydrogens (tertiary/aromatic N) is 3. The van der Waals surface area contributed by atoms with Crippen LogP contribution in [0.15, 0.2) is 4.99 Å². The second-order valence-corrected chi connectivity index (χ2v) is 9.26. The van der Waals surface area contributed by atoms with E-state index in [1.165, 1.54) is 10.6 Å². The van der Waals surface area contributed by atoms with E-state index < -0.39 is 10.0 Å². The highest BCUT2D eigenvalue weighted by atomic mass is 127. The molecule has 1 atom stereocenters. The average Bonchev–Trinajstić information content (AvgIpc) is 2.69. The lowest BCUT2D eigenvalue weighted by Gasteiger charge is -2.39. The molecule has 1 aliphatic rings. The minimum Gasteiger partial charge on any atom is -0.379 e. The first-order chi connectivity index (χ1) is 13.4. The fourth-order valence-electron chi connectivity index (χ4n) is 3.78. The van der Waals surface area contributed by atoms with Gasteiger partial charge in [0.2, 0.25) is 10.0 Å². The Morgan fingerprint density at radius 2 is 1.79 bits per heavy atom. The largest absolute Gasteiger partial charge is 0.379 e. The second-order valence-electron chi connectivity index (χ2n) is 7.28. The number of halogens is 1. The third-order valence-corrected chi connectivity index (χ3v) is 6.89. The third kappa shape index (κ3) is 10.6. The number of morpholine rings is 1. The molecule has 0 saturated carbocycles. The molecule has 1 fully saturated rings. The first kappa shape index (κ1) is 28.8. The molecule has 0 radical (unpaired) electrons. The van der Waals surface area contributed by atoms with Crippen LogP contribution >= 0.6 is 24.0 Å². The molecule has 1 heterocycles. The molecule has 1 rings (SSSR count). The Hall–Kier alpha value is -0.170. The smallest absolute Gasteiger partial charge is 0.211 e. The summed E-state index contributed by atoms with van der Waals surface area (Å²) in [5.74, 6) is 1.41. The monoisotopic (exact) mass is 547 g/mol. The van der Waals surface area contributed by atoms with Crippen LogP contribution in [0.2, 0.25) is 0 Å². The summed E-state index contributed by atoms with van der Waals surface area (Å²) in [5, 5.41) is 6.78. The van der Waals surface area contributed by atoms with E-state index in [0.29, 0.717) is 31.6 Å². The van der Waals surface area contributed by atoms with Crippen LogP contribution in [0.1, 0.15) is 40.0 Å². The van der Waals surface area contributed by atoms with Crippen molar-refractivity contribution in [3.8, 4) is 0 Å². The highest BCUT2D eigenvalue weighted by Crippen LogP contribution is 2.19. The van der Waals surface area contributed by atoms with Crippen molar-refractivity contribution in [2.24, 2.45) is 10.9 Å². The van der Waals surface area contributed by atoms with Gasteiger partial charge in [0.1, 0.15) is 0 Å². The highest BCUT2D eigenvalue weighted by Gasteiger charge is 2.27. The molecule has 0 aromatic carbocycles. The maximum absolute atomic E-state index is 11.7. The molecule has 0 aliphatic carbocycles. The van der Waals surface area contributed by atoms with Crippen molar-refractivity contribution in [1.82, 2.24) is 19.8 Å². The lowest BCUT2D eigenvalue weighted by atomic mass is 9.92. The van der Waals surface area contributed by atoms with Gasteiger partial charge in [-0.05, 0) is 12.3 Å². The molecule has 1 unspecified atom stereocenters. The Labute approximate surface area is 195 Å². The predicted molar refractivity (Wildman–Crippen MR) is 132 cm³/mol. The van der Waals surface area contributed by atoms with Crippen molar-refractivity contribution in [2.75, 3.05) is 65.8 Å². The van der Waals surface area contributed by atoms with E-state index in [2.05, 4.69) is 34.4 Å². The number of guanidine groups is 1. The summed E-state index contributed by atoms with van der Waals surface area (Å²) in [5.41, 5.74) is 0. The van der Waals surface area contributed by atoms with Gasteiger partial charge in [-0.3, -0.25) is 9.89 Å². The molecular weight excluding hydrogens is 505 g/mol. The van der Waals surface area contributed by atoms with E-state index in [1.807, 2.05) is 6.92 Å². The van der Waals surface area contributed by atoms with Crippen LogP contribution in [0.5, 0.6) is 0 Å². The van der Waals surface area contributed by atoms with Gasteiger partial charge in [0, 0.05) is 52.4 Å². The lowest BCUT2D eigenvalue weighted by Crippen LogP contribution is -2.53. The molecule has 0 spiro atoms. The van der Waals surface area contributed by atoms with Crippen molar-refractivity contribution in [3.63, 3.8) is 0 Å². The number of hydrogen-bond acceptors (Lipinski definition) is 5. The Balaban J connectivity index is 0.00000784. The van der Waals surface area contributed by atoms with Crippen LogP contribution < -0.4 is 10.6 Å². The van der Waals surface area contributed by atoms with E-state index in [0.717, 1.165) is 58.1 Å². The highest BCUT2D eigenvalue weighted by molar-refractivity contribution is 14.0. The molecular formula is C19H42IN5O3S. The fraction of sp³-hybridized carbons (Fsp3) is 0.947. The molecule has 0 aromatic heterocycles. The van der Waals surface area contributed by atoms with Gasteiger partial charge in [0.15, 0.2) is 5.96 Å². The van der Waals surface area contributed by atoms with Crippen LogP contribution in [0.4, 0.5) is 0 Å². The van der Waals surface area contributed by atoms with Crippen molar-refractivity contribution < 1.29 is 13.2 Å². The minimum atomic E-state index is -3.13. The van der Waals surface area contributed by atoms with Gasteiger partial charge in [-0.1, -0.05) is 33.6 Å². The maximum atomic E-state index is 11.7. The van der Waals surface area contributed by atoms with Crippen molar-refractivity contribution >= 4 is 40.0 Å². The number of ether oxygens (including phenoxy) is 1. The Bertz CT molecular complexity index is 552. The molecule has 1 saturated heterocycles. The molecule has 2 N–H and O–H groups in total. The Morgan fingerprint density at radius 1 is 1.17 bits per heavy atom.